The lowest BCUT2D eigenvalue weighted by atomic mass is 10.2. The van der Waals surface area contributed by atoms with Crippen molar-refractivity contribution in [3.63, 3.8) is 0 Å². The molecule has 0 saturated carbocycles. The van der Waals surface area contributed by atoms with Crippen molar-refractivity contribution in [3.8, 4) is 0 Å². The first-order valence-corrected chi connectivity index (χ1v) is 5.97. The van der Waals surface area contributed by atoms with Gasteiger partial charge in [-0.3, -0.25) is 4.98 Å². The maximum atomic E-state index is 11.3. The Morgan fingerprint density at radius 2 is 1.93 bits per heavy atom. The summed E-state index contributed by atoms with van der Waals surface area (Å²) >= 11 is 5.90. The van der Waals surface area contributed by atoms with Crippen LogP contribution < -0.4 is 5.14 Å². The first kappa shape index (κ1) is 10.4. The lowest BCUT2D eigenvalue weighted by molar-refractivity contribution is 0.598. The summed E-state index contributed by atoms with van der Waals surface area (Å²) in [6.45, 7) is 0. The van der Waals surface area contributed by atoms with Crippen molar-refractivity contribution in [2.75, 3.05) is 0 Å². The Kier molecular flexibility index (Phi) is 2.38. The molecule has 0 radical (unpaired) electrons. The predicted molar refractivity (Wildman–Crippen MR) is 58.1 cm³/mol. The van der Waals surface area contributed by atoms with Crippen LogP contribution in [0.5, 0.6) is 0 Å². The molecule has 0 saturated heterocycles. The largest absolute Gasteiger partial charge is 0.264 e. The number of hydrogen-bond donors (Lipinski definition) is 1. The molecule has 2 N–H and O–H groups in total. The van der Waals surface area contributed by atoms with E-state index in [-0.39, 0.29) is 4.90 Å². The van der Waals surface area contributed by atoms with Gasteiger partial charge in [0.15, 0.2) is 0 Å². The van der Waals surface area contributed by atoms with Gasteiger partial charge in [0.05, 0.1) is 9.92 Å². The van der Waals surface area contributed by atoms with Gasteiger partial charge in [-0.05, 0) is 18.2 Å². The van der Waals surface area contributed by atoms with E-state index in [0.29, 0.717) is 15.8 Å². The third-order valence-corrected chi connectivity index (χ3v) is 3.33. The van der Waals surface area contributed by atoms with Gasteiger partial charge >= 0.3 is 0 Å². The summed E-state index contributed by atoms with van der Waals surface area (Å²) in [5.74, 6) is 0. The van der Waals surface area contributed by atoms with Crippen LogP contribution in [0.25, 0.3) is 10.8 Å². The topological polar surface area (TPSA) is 73.1 Å². The lowest BCUT2D eigenvalue weighted by Gasteiger charge is -2.04. The van der Waals surface area contributed by atoms with Gasteiger partial charge in [0.1, 0.15) is 0 Å². The molecule has 0 fully saturated rings. The van der Waals surface area contributed by atoms with Crippen molar-refractivity contribution >= 4 is 32.4 Å². The van der Waals surface area contributed by atoms with Gasteiger partial charge in [-0.15, -0.1) is 0 Å². The fraction of sp³-hybridized carbons (Fsp3) is 0. The van der Waals surface area contributed by atoms with Crippen molar-refractivity contribution in [3.05, 3.63) is 35.6 Å². The Labute approximate surface area is 91.7 Å². The van der Waals surface area contributed by atoms with Crippen molar-refractivity contribution in [1.29, 1.82) is 0 Å². The van der Waals surface area contributed by atoms with Crippen LogP contribution in [0.15, 0.2) is 35.5 Å². The van der Waals surface area contributed by atoms with Gasteiger partial charge in [-0.25, -0.2) is 13.6 Å². The number of pyridine rings is 1. The van der Waals surface area contributed by atoms with Crippen LogP contribution in [0.1, 0.15) is 0 Å². The van der Waals surface area contributed by atoms with Crippen molar-refractivity contribution in [1.82, 2.24) is 4.98 Å². The van der Waals surface area contributed by atoms with E-state index in [1.165, 1.54) is 24.5 Å². The predicted octanol–water partition coefficient (Wildman–Crippen LogP) is 1.54. The molecule has 78 valence electrons. The van der Waals surface area contributed by atoms with Crippen LogP contribution in [0.2, 0.25) is 5.02 Å². The Bertz CT molecular complexity index is 625. The van der Waals surface area contributed by atoms with E-state index in [9.17, 15) is 8.42 Å². The number of nitrogens with zero attached hydrogens (tertiary/aromatic N) is 1. The number of halogens is 1. The number of nitrogens with two attached hydrogens (primary N) is 1. The molecule has 4 nitrogen and oxygen atoms in total. The number of aromatic nitrogens is 1. The van der Waals surface area contributed by atoms with Crippen LogP contribution in [0, 0.1) is 0 Å². The van der Waals surface area contributed by atoms with Crippen LogP contribution >= 0.6 is 11.6 Å². The Hall–Kier alpha value is -1.17. The summed E-state index contributed by atoms with van der Waals surface area (Å²) in [5, 5.41) is 6.59. The highest BCUT2D eigenvalue weighted by Crippen LogP contribution is 2.27. The molecule has 0 atom stereocenters. The molecule has 0 spiro atoms. The summed E-state index contributed by atoms with van der Waals surface area (Å²) in [7, 11) is -3.73. The fourth-order valence-corrected chi connectivity index (χ4v) is 2.33. The number of hydrogen-bond acceptors (Lipinski definition) is 3. The van der Waals surface area contributed by atoms with E-state index in [0.717, 1.165) is 0 Å². The zero-order chi connectivity index (χ0) is 11.1. The molecule has 6 heteroatoms. The molecule has 0 aliphatic carbocycles. The van der Waals surface area contributed by atoms with E-state index in [1.54, 1.807) is 6.07 Å². The molecule has 1 aromatic carbocycles. The van der Waals surface area contributed by atoms with Gasteiger partial charge < -0.3 is 0 Å². The zero-order valence-electron chi connectivity index (χ0n) is 7.51. The highest BCUT2D eigenvalue weighted by atomic mass is 35.5. The SMILES string of the molecule is NS(=O)(=O)c1ccc(Cl)c2cnccc12. The van der Waals surface area contributed by atoms with E-state index < -0.39 is 10.0 Å². The summed E-state index contributed by atoms with van der Waals surface area (Å²) in [4.78, 5) is 3.94. The van der Waals surface area contributed by atoms with Gasteiger partial charge in [-0.1, -0.05) is 11.6 Å². The lowest BCUT2D eigenvalue weighted by Crippen LogP contribution is -2.12. The molecule has 15 heavy (non-hydrogen) atoms. The molecule has 0 aliphatic rings. The number of fused-ring (bicyclic) bond motifs is 1. The third kappa shape index (κ3) is 1.81. The zero-order valence-corrected chi connectivity index (χ0v) is 9.09. The second-order valence-corrected chi connectivity index (χ2v) is 4.95. The Morgan fingerprint density at radius 1 is 1.20 bits per heavy atom. The summed E-state index contributed by atoms with van der Waals surface area (Å²) < 4.78 is 22.5. The second kappa shape index (κ2) is 3.44. The minimum Gasteiger partial charge on any atom is -0.264 e. The smallest absolute Gasteiger partial charge is 0.238 e. The minimum absolute atomic E-state index is 0.0595. The average Bonchev–Trinajstić information content (AvgIpc) is 2.17. The first-order chi connectivity index (χ1) is 7.00. The number of primary sulfonamides is 1. The van der Waals surface area contributed by atoms with E-state index >= 15 is 0 Å². The molecule has 2 rings (SSSR count). The van der Waals surface area contributed by atoms with Crippen molar-refractivity contribution in [2.24, 2.45) is 5.14 Å². The van der Waals surface area contributed by atoms with Crippen LogP contribution in [0.3, 0.4) is 0 Å². The van der Waals surface area contributed by atoms with Crippen LogP contribution in [-0.2, 0) is 10.0 Å². The van der Waals surface area contributed by atoms with Crippen molar-refractivity contribution < 1.29 is 8.42 Å². The molecule has 1 heterocycles. The number of sulfonamides is 1. The molecule has 0 aliphatic heterocycles. The standard InChI is InChI=1S/C9H7ClN2O2S/c10-8-1-2-9(15(11,13)14)6-3-4-12-5-7(6)8/h1-5H,(H2,11,13,14). The highest BCUT2D eigenvalue weighted by Gasteiger charge is 2.13. The highest BCUT2D eigenvalue weighted by molar-refractivity contribution is 7.89. The molecule has 0 amide bonds. The summed E-state index contributed by atoms with van der Waals surface area (Å²) in [6.07, 6.45) is 3.00. The second-order valence-electron chi connectivity index (χ2n) is 3.01. The molecule has 0 unspecified atom stereocenters. The molecule has 0 bridgehead atoms. The minimum atomic E-state index is -3.73. The quantitative estimate of drug-likeness (QED) is 0.824. The normalized spacial score (nSPS) is 11.9. The van der Waals surface area contributed by atoms with Crippen LogP contribution in [-0.4, -0.2) is 13.4 Å². The van der Waals surface area contributed by atoms with Gasteiger partial charge in [-0.2, -0.15) is 0 Å². The summed E-state index contributed by atoms with van der Waals surface area (Å²) in [5.41, 5.74) is 0. The van der Waals surface area contributed by atoms with Gasteiger partial charge in [0, 0.05) is 23.2 Å². The third-order valence-electron chi connectivity index (χ3n) is 2.03. The van der Waals surface area contributed by atoms with Crippen LogP contribution in [0.4, 0.5) is 0 Å². The monoisotopic (exact) mass is 242 g/mol. The maximum absolute atomic E-state index is 11.3. The fourth-order valence-electron chi connectivity index (χ4n) is 1.38. The Balaban J connectivity index is 2.96. The molecule has 2 aromatic rings. The maximum Gasteiger partial charge on any atom is 0.238 e. The Morgan fingerprint density at radius 3 is 2.60 bits per heavy atom. The van der Waals surface area contributed by atoms with E-state index in [2.05, 4.69) is 4.98 Å². The molecule has 1 aromatic heterocycles. The number of rotatable bonds is 1. The number of benzene rings is 1. The molecular formula is C9H7ClN2O2S. The average molecular weight is 243 g/mol. The summed E-state index contributed by atoms with van der Waals surface area (Å²) in [6, 6.07) is 4.45. The van der Waals surface area contributed by atoms with Crippen molar-refractivity contribution in [2.45, 2.75) is 4.90 Å². The molecular weight excluding hydrogens is 236 g/mol. The first-order valence-electron chi connectivity index (χ1n) is 4.05. The van der Waals surface area contributed by atoms with Gasteiger partial charge in [0.2, 0.25) is 10.0 Å². The van der Waals surface area contributed by atoms with E-state index in [1.807, 2.05) is 0 Å². The van der Waals surface area contributed by atoms with E-state index in [4.69, 9.17) is 16.7 Å². The van der Waals surface area contributed by atoms with Gasteiger partial charge in [0.25, 0.3) is 0 Å².